The van der Waals surface area contributed by atoms with Crippen molar-refractivity contribution < 1.29 is 14.3 Å². The Morgan fingerprint density at radius 1 is 1.64 bits per heavy atom. The van der Waals surface area contributed by atoms with Gasteiger partial charge < -0.3 is 19.8 Å². The molecule has 132 valence electrons. The lowest BCUT2D eigenvalue weighted by atomic mass is 10.0. The van der Waals surface area contributed by atoms with Gasteiger partial charge in [0.15, 0.2) is 5.60 Å². The van der Waals surface area contributed by atoms with E-state index in [-0.39, 0.29) is 30.0 Å². The number of fused-ring (bicyclic) bond motifs is 1. The second-order valence-corrected chi connectivity index (χ2v) is 6.69. The van der Waals surface area contributed by atoms with E-state index >= 15 is 0 Å². The number of aromatic nitrogens is 3. The monoisotopic (exact) mass is 362 g/mol. The summed E-state index contributed by atoms with van der Waals surface area (Å²) in [6.07, 6.45) is 8.33. The highest BCUT2D eigenvalue weighted by Gasteiger charge is 2.41. The first-order valence-electron chi connectivity index (χ1n) is 7.97. The Labute approximate surface area is 150 Å². The Balaban J connectivity index is 1.82. The molecule has 2 unspecified atom stereocenters. The van der Waals surface area contributed by atoms with Crippen molar-refractivity contribution >= 4 is 34.4 Å². The largest absolute Gasteiger partial charge is 0.461 e. The maximum absolute atomic E-state index is 11.7. The molecule has 2 N–H and O–H groups in total. The number of nitrogens with two attached hydrogens (primary N) is 1. The molecular formula is C17H19ClN4O3. The Morgan fingerprint density at radius 2 is 2.40 bits per heavy atom. The maximum atomic E-state index is 11.7. The van der Waals surface area contributed by atoms with Crippen LogP contribution in [0.2, 0.25) is 5.28 Å². The van der Waals surface area contributed by atoms with E-state index in [1.807, 2.05) is 10.8 Å². The van der Waals surface area contributed by atoms with Gasteiger partial charge in [-0.3, -0.25) is 4.79 Å². The topological polar surface area (TPSA) is 92.3 Å². The van der Waals surface area contributed by atoms with E-state index in [4.69, 9.17) is 33.2 Å². The van der Waals surface area contributed by atoms with Crippen LogP contribution < -0.4 is 5.73 Å². The molecule has 25 heavy (non-hydrogen) atoms. The van der Waals surface area contributed by atoms with Crippen molar-refractivity contribution in [3.8, 4) is 12.3 Å². The third kappa shape index (κ3) is 3.28. The van der Waals surface area contributed by atoms with E-state index in [0.29, 0.717) is 29.7 Å². The summed E-state index contributed by atoms with van der Waals surface area (Å²) in [4.78, 5) is 19.9. The average Bonchev–Trinajstić information content (AvgIpc) is 3.17. The molecule has 8 heteroatoms. The first-order chi connectivity index (χ1) is 11.8. The van der Waals surface area contributed by atoms with Crippen molar-refractivity contribution in [3.63, 3.8) is 0 Å². The number of hydrogen-bond acceptors (Lipinski definition) is 6. The van der Waals surface area contributed by atoms with E-state index in [2.05, 4.69) is 15.9 Å². The summed E-state index contributed by atoms with van der Waals surface area (Å²) in [5, 5.41) is 0.759. The normalized spacial score (nSPS) is 23.1. The van der Waals surface area contributed by atoms with E-state index in [9.17, 15) is 4.79 Å². The predicted octanol–water partition coefficient (Wildman–Crippen LogP) is 2.55. The van der Waals surface area contributed by atoms with E-state index in [1.54, 1.807) is 19.9 Å². The van der Waals surface area contributed by atoms with E-state index in [0.717, 1.165) is 0 Å². The molecule has 3 heterocycles. The average molecular weight is 363 g/mol. The smallest absolute Gasteiger partial charge is 0.308 e. The highest BCUT2D eigenvalue weighted by molar-refractivity contribution is 6.28. The maximum Gasteiger partial charge on any atom is 0.308 e. The van der Waals surface area contributed by atoms with E-state index < -0.39 is 5.60 Å². The molecule has 0 saturated carbocycles. The molecule has 0 aliphatic carbocycles. The summed E-state index contributed by atoms with van der Waals surface area (Å²) in [7, 11) is 0. The van der Waals surface area contributed by atoms with Crippen molar-refractivity contribution in [3.05, 3.63) is 17.5 Å². The minimum atomic E-state index is -0.950. The summed E-state index contributed by atoms with van der Waals surface area (Å²) in [5.74, 6) is 2.42. The Hall–Kier alpha value is -2.30. The lowest BCUT2D eigenvalue weighted by molar-refractivity contribution is -0.155. The fraction of sp³-hybridized carbons (Fsp3) is 0.471. The Morgan fingerprint density at radius 3 is 3.08 bits per heavy atom. The number of halogens is 1. The molecule has 3 rings (SSSR count). The van der Waals surface area contributed by atoms with Crippen molar-refractivity contribution in [1.29, 1.82) is 0 Å². The van der Waals surface area contributed by atoms with Gasteiger partial charge >= 0.3 is 5.97 Å². The summed E-state index contributed by atoms with van der Waals surface area (Å²) in [6, 6.07) is 1.80. The highest BCUT2D eigenvalue weighted by atomic mass is 35.5. The molecule has 1 aliphatic heterocycles. The third-order valence-electron chi connectivity index (χ3n) is 4.22. The van der Waals surface area contributed by atoms with Crippen LogP contribution >= 0.6 is 11.6 Å². The SMILES string of the molecule is C#CC1(COC(=O)C(C)C)CCC(n2ccc3c(N)nc(Cl)nc32)O1. The molecule has 2 aromatic heterocycles. The summed E-state index contributed by atoms with van der Waals surface area (Å²) >= 11 is 5.91. The number of anilines is 1. The van der Waals surface area contributed by atoms with Crippen LogP contribution in [0, 0.1) is 18.3 Å². The number of esters is 1. The molecule has 0 aromatic carbocycles. The van der Waals surface area contributed by atoms with Crippen LogP contribution in [0.5, 0.6) is 0 Å². The van der Waals surface area contributed by atoms with Gasteiger partial charge in [-0.2, -0.15) is 4.98 Å². The van der Waals surface area contributed by atoms with Gasteiger partial charge in [-0.25, -0.2) is 4.98 Å². The van der Waals surface area contributed by atoms with Crippen LogP contribution in [0.25, 0.3) is 11.0 Å². The zero-order chi connectivity index (χ0) is 18.2. The van der Waals surface area contributed by atoms with Gasteiger partial charge in [-0.05, 0) is 30.5 Å². The molecule has 7 nitrogen and oxygen atoms in total. The zero-order valence-electron chi connectivity index (χ0n) is 14.0. The van der Waals surface area contributed by atoms with Crippen LogP contribution in [0.4, 0.5) is 5.82 Å². The summed E-state index contributed by atoms with van der Waals surface area (Å²) in [5.41, 5.74) is 5.51. The fourth-order valence-corrected chi connectivity index (χ4v) is 2.97. The Bertz CT molecular complexity index is 857. The number of terminal acetylenes is 1. The van der Waals surface area contributed by atoms with Gasteiger partial charge in [0.25, 0.3) is 0 Å². The number of rotatable bonds is 4. The Kier molecular flexibility index (Phi) is 4.58. The molecular weight excluding hydrogens is 344 g/mol. The van der Waals surface area contributed by atoms with Gasteiger partial charge in [-0.1, -0.05) is 19.8 Å². The molecule has 0 spiro atoms. The lowest BCUT2D eigenvalue weighted by Gasteiger charge is -2.24. The molecule has 0 bridgehead atoms. The number of nitrogen functional groups attached to an aromatic ring is 1. The highest BCUT2D eigenvalue weighted by Crippen LogP contribution is 2.38. The minimum Gasteiger partial charge on any atom is -0.461 e. The van der Waals surface area contributed by atoms with Gasteiger partial charge in [0, 0.05) is 6.20 Å². The van der Waals surface area contributed by atoms with Gasteiger partial charge in [0.05, 0.1) is 11.3 Å². The van der Waals surface area contributed by atoms with Gasteiger partial charge in [0.2, 0.25) is 5.28 Å². The second-order valence-electron chi connectivity index (χ2n) is 6.35. The van der Waals surface area contributed by atoms with Crippen LogP contribution in [0.15, 0.2) is 12.3 Å². The second kappa shape index (κ2) is 6.54. The third-order valence-corrected chi connectivity index (χ3v) is 4.39. The van der Waals surface area contributed by atoms with E-state index in [1.165, 1.54) is 0 Å². The number of carbonyl (C=O) groups is 1. The number of hydrogen-bond donors (Lipinski definition) is 1. The van der Waals surface area contributed by atoms with Crippen molar-refractivity contribution in [1.82, 2.24) is 14.5 Å². The summed E-state index contributed by atoms with van der Waals surface area (Å²) < 4.78 is 13.2. The van der Waals surface area contributed by atoms with Crippen LogP contribution in [0.1, 0.15) is 32.9 Å². The number of ether oxygens (including phenoxy) is 2. The van der Waals surface area contributed by atoms with Crippen molar-refractivity contribution in [2.75, 3.05) is 12.3 Å². The summed E-state index contributed by atoms with van der Waals surface area (Å²) in [6.45, 7) is 3.56. The molecule has 1 saturated heterocycles. The molecule has 0 amide bonds. The quantitative estimate of drug-likeness (QED) is 0.510. The zero-order valence-corrected chi connectivity index (χ0v) is 14.8. The predicted molar refractivity (Wildman–Crippen MR) is 93.7 cm³/mol. The number of nitrogens with zero attached hydrogens (tertiary/aromatic N) is 3. The molecule has 2 atom stereocenters. The molecule has 1 aliphatic rings. The first kappa shape index (κ1) is 17.5. The van der Waals surface area contributed by atoms with Crippen molar-refractivity contribution in [2.45, 2.75) is 38.5 Å². The first-order valence-corrected chi connectivity index (χ1v) is 8.35. The molecule has 0 radical (unpaired) electrons. The molecule has 1 fully saturated rings. The number of carbonyl (C=O) groups excluding carboxylic acids is 1. The minimum absolute atomic E-state index is 0.0219. The fourth-order valence-electron chi connectivity index (χ4n) is 2.80. The van der Waals surface area contributed by atoms with Crippen LogP contribution in [-0.4, -0.2) is 32.7 Å². The van der Waals surface area contributed by atoms with Gasteiger partial charge in [0.1, 0.15) is 24.3 Å². The van der Waals surface area contributed by atoms with Crippen molar-refractivity contribution in [2.24, 2.45) is 5.92 Å². The van der Waals surface area contributed by atoms with Crippen LogP contribution in [-0.2, 0) is 14.3 Å². The van der Waals surface area contributed by atoms with Crippen LogP contribution in [0.3, 0.4) is 0 Å². The standard InChI is InChI=1S/C17H19ClN4O3/c1-4-17(9-24-15(23)10(2)3)7-5-12(25-17)22-8-6-11-13(19)20-16(18)21-14(11)22/h1,6,8,10,12H,5,7,9H2,2-3H3,(H2,19,20,21). The molecule has 2 aromatic rings. The lowest BCUT2D eigenvalue weighted by Crippen LogP contribution is -2.34. The van der Waals surface area contributed by atoms with Gasteiger partial charge in [-0.15, -0.1) is 6.42 Å².